The van der Waals surface area contributed by atoms with E-state index in [4.69, 9.17) is 0 Å². The molecule has 1 amide bonds. The molecule has 27 heavy (non-hydrogen) atoms. The van der Waals surface area contributed by atoms with Gasteiger partial charge in [-0.2, -0.15) is 0 Å². The van der Waals surface area contributed by atoms with E-state index in [9.17, 15) is 18.4 Å². The van der Waals surface area contributed by atoms with Gasteiger partial charge in [-0.15, -0.1) is 0 Å². The van der Waals surface area contributed by atoms with E-state index in [-0.39, 0.29) is 30.0 Å². The lowest BCUT2D eigenvalue weighted by atomic mass is 10.0. The van der Waals surface area contributed by atoms with Crippen LogP contribution in [0.5, 0.6) is 0 Å². The van der Waals surface area contributed by atoms with E-state index in [2.05, 4.69) is 5.32 Å². The second-order valence-corrected chi connectivity index (χ2v) is 6.99. The van der Waals surface area contributed by atoms with Crippen molar-refractivity contribution < 1.29 is 18.4 Å². The Balaban J connectivity index is 1.59. The van der Waals surface area contributed by atoms with Crippen LogP contribution in [0.1, 0.15) is 40.7 Å². The van der Waals surface area contributed by atoms with Gasteiger partial charge in [0.2, 0.25) is 5.91 Å². The number of carbonyl (C=O) groups excluding carboxylic acids is 2. The van der Waals surface area contributed by atoms with Crippen molar-refractivity contribution in [2.45, 2.75) is 32.1 Å². The number of nitrogens with zero attached hydrogens (tertiary/aromatic N) is 1. The molecular formula is C21H22F2N2O2. The van der Waals surface area contributed by atoms with Crippen LogP contribution in [0.3, 0.4) is 0 Å². The van der Waals surface area contributed by atoms with Crippen LogP contribution in [0, 0.1) is 11.6 Å². The molecule has 1 aliphatic carbocycles. The Labute approximate surface area is 157 Å². The molecule has 6 heteroatoms. The molecule has 0 saturated heterocycles. The van der Waals surface area contributed by atoms with Crippen molar-refractivity contribution in [1.29, 1.82) is 0 Å². The molecule has 0 spiro atoms. The minimum atomic E-state index is -0.760. The van der Waals surface area contributed by atoms with Crippen molar-refractivity contribution in [2.75, 3.05) is 24.3 Å². The average molecular weight is 372 g/mol. The van der Waals surface area contributed by atoms with Crippen LogP contribution in [0.4, 0.5) is 20.2 Å². The smallest absolute Gasteiger partial charge is 0.224 e. The Kier molecular flexibility index (Phi) is 5.54. The quantitative estimate of drug-likeness (QED) is 0.776. The lowest BCUT2D eigenvalue weighted by Crippen LogP contribution is -2.16. The summed E-state index contributed by atoms with van der Waals surface area (Å²) >= 11 is 0. The van der Waals surface area contributed by atoms with Crippen LogP contribution in [-0.2, 0) is 17.6 Å². The molecule has 2 aromatic rings. The van der Waals surface area contributed by atoms with E-state index in [0.717, 1.165) is 31.4 Å². The fourth-order valence-corrected chi connectivity index (χ4v) is 3.41. The Morgan fingerprint density at radius 2 is 1.67 bits per heavy atom. The summed E-state index contributed by atoms with van der Waals surface area (Å²) in [6.45, 7) is 0. The molecule has 142 valence electrons. The van der Waals surface area contributed by atoms with Gasteiger partial charge in [-0.05, 0) is 48.6 Å². The van der Waals surface area contributed by atoms with Gasteiger partial charge in [-0.25, -0.2) is 8.78 Å². The first kappa shape index (κ1) is 19.0. The third-order valence-corrected chi connectivity index (χ3v) is 4.75. The molecule has 4 nitrogen and oxygen atoms in total. The maximum Gasteiger partial charge on any atom is 0.224 e. The van der Waals surface area contributed by atoms with Crippen LogP contribution in [0.25, 0.3) is 0 Å². The summed E-state index contributed by atoms with van der Waals surface area (Å²) in [6.07, 6.45) is 3.14. The summed E-state index contributed by atoms with van der Waals surface area (Å²) in [5.74, 6) is -2.09. The fraction of sp³-hybridized carbons (Fsp3) is 0.333. The van der Waals surface area contributed by atoms with E-state index in [1.54, 1.807) is 6.07 Å². The molecule has 0 fully saturated rings. The maximum absolute atomic E-state index is 14.0. The van der Waals surface area contributed by atoms with Crippen molar-refractivity contribution in [2.24, 2.45) is 0 Å². The molecule has 1 N–H and O–H groups in total. The van der Waals surface area contributed by atoms with Gasteiger partial charge in [0.05, 0.1) is 0 Å². The Hall–Kier alpha value is -2.76. The Morgan fingerprint density at radius 3 is 2.33 bits per heavy atom. The van der Waals surface area contributed by atoms with Gasteiger partial charge in [-0.1, -0.05) is 12.1 Å². The minimum Gasteiger partial charge on any atom is -0.373 e. The standard InChI is InChI=1S/C21H22F2N2O2/c1-25(2)21-17(22)11-16(12-18(21)23)24-20(27)9-8-19(26)15-7-6-13-4-3-5-14(13)10-15/h6-7,10-12H,3-5,8-9H2,1-2H3,(H,24,27). The van der Waals surface area contributed by atoms with Crippen molar-refractivity contribution >= 4 is 23.1 Å². The van der Waals surface area contributed by atoms with Gasteiger partial charge < -0.3 is 10.2 Å². The third-order valence-electron chi connectivity index (χ3n) is 4.75. The minimum absolute atomic E-state index is 0.0329. The highest BCUT2D eigenvalue weighted by Gasteiger charge is 2.17. The first-order valence-electron chi connectivity index (χ1n) is 8.96. The molecule has 0 radical (unpaired) electrons. The average Bonchev–Trinajstić information content (AvgIpc) is 3.06. The van der Waals surface area contributed by atoms with Crippen molar-refractivity contribution in [3.63, 3.8) is 0 Å². The number of hydrogen-bond donors (Lipinski definition) is 1. The Bertz CT molecular complexity index is 871. The number of halogens is 2. The Morgan fingerprint density at radius 1 is 1.00 bits per heavy atom. The van der Waals surface area contributed by atoms with Crippen LogP contribution in [0.15, 0.2) is 30.3 Å². The van der Waals surface area contributed by atoms with E-state index in [1.165, 1.54) is 30.1 Å². The van der Waals surface area contributed by atoms with Gasteiger partial charge in [0.1, 0.15) is 5.69 Å². The zero-order chi connectivity index (χ0) is 19.6. The predicted molar refractivity (Wildman–Crippen MR) is 101 cm³/mol. The molecule has 2 aromatic carbocycles. The fourth-order valence-electron chi connectivity index (χ4n) is 3.41. The molecule has 3 rings (SSSR count). The molecule has 0 atom stereocenters. The molecule has 0 aromatic heterocycles. The number of ketones is 1. The molecule has 0 unspecified atom stereocenters. The van der Waals surface area contributed by atoms with Crippen molar-refractivity contribution in [3.05, 3.63) is 58.7 Å². The van der Waals surface area contributed by atoms with E-state index in [1.807, 2.05) is 12.1 Å². The number of amides is 1. The van der Waals surface area contributed by atoms with Crippen LogP contribution < -0.4 is 10.2 Å². The number of rotatable bonds is 6. The van der Waals surface area contributed by atoms with Crippen LogP contribution >= 0.6 is 0 Å². The molecular weight excluding hydrogens is 350 g/mol. The summed E-state index contributed by atoms with van der Waals surface area (Å²) in [4.78, 5) is 25.7. The third kappa shape index (κ3) is 4.32. The molecule has 1 aliphatic rings. The normalized spacial score (nSPS) is 12.6. The van der Waals surface area contributed by atoms with Gasteiger partial charge in [0.25, 0.3) is 0 Å². The molecule has 0 saturated carbocycles. The molecule has 0 heterocycles. The lowest BCUT2D eigenvalue weighted by molar-refractivity contribution is -0.116. The number of fused-ring (bicyclic) bond motifs is 1. The highest BCUT2D eigenvalue weighted by atomic mass is 19.1. The molecule has 0 bridgehead atoms. The predicted octanol–water partition coefficient (Wildman–Crippen LogP) is 4.12. The van der Waals surface area contributed by atoms with Crippen LogP contribution in [-0.4, -0.2) is 25.8 Å². The first-order chi connectivity index (χ1) is 12.8. The highest BCUT2D eigenvalue weighted by Crippen LogP contribution is 2.26. The van der Waals surface area contributed by atoms with Gasteiger partial charge in [0.15, 0.2) is 17.4 Å². The van der Waals surface area contributed by atoms with Gasteiger partial charge in [-0.3, -0.25) is 9.59 Å². The summed E-state index contributed by atoms with van der Waals surface area (Å²) in [5, 5.41) is 2.45. The summed E-state index contributed by atoms with van der Waals surface area (Å²) in [5.41, 5.74) is 2.97. The second kappa shape index (κ2) is 7.86. The summed E-state index contributed by atoms with van der Waals surface area (Å²) in [7, 11) is 3.06. The monoisotopic (exact) mass is 372 g/mol. The van der Waals surface area contributed by atoms with Gasteiger partial charge in [0, 0.05) is 38.2 Å². The molecule has 0 aliphatic heterocycles. The van der Waals surface area contributed by atoms with Crippen LogP contribution in [0.2, 0.25) is 0 Å². The number of carbonyl (C=O) groups is 2. The summed E-state index contributed by atoms with van der Waals surface area (Å²) in [6, 6.07) is 7.83. The van der Waals surface area contributed by atoms with Crippen molar-refractivity contribution in [3.8, 4) is 0 Å². The number of hydrogen-bond acceptors (Lipinski definition) is 3. The lowest BCUT2D eigenvalue weighted by Gasteiger charge is -2.15. The summed E-state index contributed by atoms with van der Waals surface area (Å²) < 4.78 is 27.9. The first-order valence-corrected chi connectivity index (χ1v) is 8.96. The van der Waals surface area contributed by atoms with E-state index in [0.29, 0.717) is 5.56 Å². The number of aryl methyl sites for hydroxylation is 2. The van der Waals surface area contributed by atoms with E-state index >= 15 is 0 Å². The number of nitrogens with one attached hydrogen (secondary N) is 1. The SMILES string of the molecule is CN(C)c1c(F)cc(NC(=O)CCC(=O)c2ccc3c(c2)CCC3)cc1F. The number of anilines is 2. The highest BCUT2D eigenvalue weighted by molar-refractivity contribution is 6.00. The maximum atomic E-state index is 14.0. The topological polar surface area (TPSA) is 49.4 Å². The number of Topliss-reactive ketones (excluding diaryl/α,β-unsaturated/α-hetero) is 1. The van der Waals surface area contributed by atoms with Gasteiger partial charge >= 0.3 is 0 Å². The largest absolute Gasteiger partial charge is 0.373 e. The van der Waals surface area contributed by atoms with E-state index < -0.39 is 17.5 Å². The van der Waals surface area contributed by atoms with Crippen molar-refractivity contribution in [1.82, 2.24) is 0 Å². The second-order valence-electron chi connectivity index (χ2n) is 6.99. The number of benzene rings is 2. The zero-order valence-corrected chi connectivity index (χ0v) is 15.4. The zero-order valence-electron chi connectivity index (χ0n) is 15.4.